The molecule has 3 nitrogen and oxygen atoms in total. The Balaban J connectivity index is 2.20. The van der Waals surface area contributed by atoms with Crippen LogP contribution in [0.1, 0.15) is 39.0 Å². The smallest absolute Gasteiger partial charge is 0.0474 e. The zero-order valence-electron chi connectivity index (χ0n) is 11.0. The Morgan fingerprint density at radius 1 is 1.38 bits per heavy atom. The van der Waals surface area contributed by atoms with E-state index in [1.807, 2.05) is 0 Å². The molecule has 1 aliphatic heterocycles. The van der Waals surface area contributed by atoms with Crippen LogP contribution in [0.3, 0.4) is 0 Å². The van der Waals surface area contributed by atoms with Gasteiger partial charge in [-0.1, -0.05) is 13.3 Å². The molecule has 0 amide bonds. The van der Waals surface area contributed by atoms with Gasteiger partial charge in [-0.15, -0.1) is 0 Å². The average Bonchev–Trinajstić information content (AvgIpc) is 2.32. The highest BCUT2D eigenvalue weighted by Crippen LogP contribution is 2.16. The first kappa shape index (κ1) is 13.9. The molecular weight excluding hydrogens is 200 g/mol. The molecule has 0 aromatic heterocycles. The molecule has 3 heteroatoms. The number of likely N-dealkylation sites (tertiary alicyclic amines) is 1. The van der Waals surface area contributed by atoms with E-state index in [1.54, 1.807) is 7.11 Å². The number of rotatable bonds is 8. The summed E-state index contributed by atoms with van der Waals surface area (Å²) in [4.78, 5) is 2.64. The lowest BCUT2D eigenvalue weighted by Crippen LogP contribution is -2.46. The van der Waals surface area contributed by atoms with Crippen LogP contribution in [0.25, 0.3) is 0 Å². The first-order chi connectivity index (χ1) is 7.88. The molecule has 0 aromatic carbocycles. The summed E-state index contributed by atoms with van der Waals surface area (Å²) in [6.45, 7) is 7.92. The van der Waals surface area contributed by atoms with Crippen molar-refractivity contribution >= 4 is 0 Å². The van der Waals surface area contributed by atoms with Gasteiger partial charge in [0, 0.05) is 32.8 Å². The fourth-order valence-corrected chi connectivity index (χ4v) is 2.44. The summed E-state index contributed by atoms with van der Waals surface area (Å²) in [7, 11) is 1.79. The number of hydrogen-bond donors (Lipinski definition) is 1. The summed E-state index contributed by atoms with van der Waals surface area (Å²) in [5, 5.41) is 3.55. The Labute approximate surface area is 101 Å². The molecule has 0 aromatic rings. The second-order valence-electron chi connectivity index (χ2n) is 4.74. The fourth-order valence-electron chi connectivity index (χ4n) is 2.44. The van der Waals surface area contributed by atoms with E-state index in [9.17, 15) is 0 Å². The van der Waals surface area contributed by atoms with E-state index in [0.29, 0.717) is 0 Å². The number of hydrogen-bond acceptors (Lipinski definition) is 3. The molecule has 0 spiro atoms. The van der Waals surface area contributed by atoms with Gasteiger partial charge >= 0.3 is 0 Å². The summed E-state index contributed by atoms with van der Waals surface area (Å²) in [6, 6.07) is 0.761. The van der Waals surface area contributed by atoms with E-state index in [1.165, 1.54) is 51.7 Å². The molecule has 96 valence electrons. The van der Waals surface area contributed by atoms with Crippen molar-refractivity contribution in [1.82, 2.24) is 10.2 Å². The Morgan fingerprint density at radius 2 is 2.25 bits per heavy atom. The van der Waals surface area contributed by atoms with E-state index in [2.05, 4.69) is 17.1 Å². The SMILES string of the molecule is CCCNCC1CCCCN1CCCOC. The Morgan fingerprint density at radius 3 is 3.00 bits per heavy atom. The third-order valence-electron chi connectivity index (χ3n) is 3.35. The van der Waals surface area contributed by atoms with Crippen LogP contribution in [0.2, 0.25) is 0 Å². The first-order valence-corrected chi connectivity index (χ1v) is 6.82. The number of ether oxygens (including phenoxy) is 1. The van der Waals surface area contributed by atoms with Gasteiger partial charge in [0.2, 0.25) is 0 Å². The van der Waals surface area contributed by atoms with E-state index >= 15 is 0 Å². The van der Waals surface area contributed by atoms with Crippen LogP contribution < -0.4 is 5.32 Å². The van der Waals surface area contributed by atoms with Crippen molar-refractivity contribution in [3.05, 3.63) is 0 Å². The minimum Gasteiger partial charge on any atom is -0.385 e. The maximum Gasteiger partial charge on any atom is 0.0474 e. The van der Waals surface area contributed by atoms with Crippen LogP contribution in [0.4, 0.5) is 0 Å². The van der Waals surface area contributed by atoms with Gasteiger partial charge in [-0.3, -0.25) is 4.90 Å². The van der Waals surface area contributed by atoms with Crippen LogP contribution in [0.15, 0.2) is 0 Å². The van der Waals surface area contributed by atoms with Crippen LogP contribution in [0.5, 0.6) is 0 Å². The number of nitrogens with one attached hydrogen (secondary N) is 1. The topological polar surface area (TPSA) is 24.5 Å². The first-order valence-electron chi connectivity index (χ1n) is 6.82. The molecule has 1 N–H and O–H groups in total. The predicted molar refractivity (Wildman–Crippen MR) is 68.9 cm³/mol. The molecule has 0 aliphatic carbocycles. The lowest BCUT2D eigenvalue weighted by atomic mass is 10.0. The van der Waals surface area contributed by atoms with Crippen molar-refractivity contribution in [2.24, 2.45) is 0 Å². The van der Waals surface area contributed by atoms with Crippen molar-refractivity contribution in [3.63, 3.8) is 0 Å². The molecule has 1 heterocycles. The summed E-state index contributed by atoms with van der Waals surface area (Å²) in [5.41, 5.74) is 0. The average molecular weight is 228 g/mol. The molecular formula is C13H28N2O. The molecule has 1 saturated heterocycles. The quantitative estimate of drug-likeness (QED) is 0.642. The summed E-state index contributed by atoms with van der Waals surface area (Å²) in [6.07, 6.45) is 6.54. The highest BCUT2D eigenvalue weighted by atomic mass is 16.5. The largest absolute Gasteiger partial charge is 0.385 e. The molecule has 1 fully saturated rings. The van der Waals surface area contributed by atoms with Crippen molar-refractivity contribution < 1.29 is 4.74 Å². The summed E-state index contributed by atoms with van der Waals surface area (Å²) < 4.78 is 5.12. The van der Waals surface area contributed by atoms with E-state index < -0.39 is 0 Å². The normalized spacial score (nSPS) is 22.5. The van der Waals surface area contributed by atoms with E-state index in [4.69, 9.17) is 4.74 Å². The van der Waals surface area contributed by atoms with Crippen molar-refractivity contribution in [1.29, 1.82) is 0 Å². The van der Waals surface area contributed by atoms with Gasteiger partial charge in [-0.2, -0.15) is 0 Å². The lowest BCUT2D eigenvalue weighted by molar-refractivity contribution is 0.121. The molecule has 0 bridgehead atoms. The molecule has 0 saturated carbocycles. The van der Waals surface area contributed by atoms with Crippen LogP contribution in [0, 0.1) is 0 Å². The van der Waals surface area contributed by atoms with Crippen LogP contribution >= 0.6 is 0 Å². The minimum absolute atomic E-state index is 0.761. The Bertz CT molecular complexity index is 146. The van der Waals surface area contributed by atoms with Crippen LogP contribution in [-0.2, 0) is 4.74 Å². The maximum atomic E-state index is 5.12. The summed E-state index contributed by atoms with van der Waals surface area (Å²) >= 11 is 0. The van der Waals surface area contributed by atoms with Crippen molar-refractivity contribution in [3.8, 4) is 0 Å². The zero-order valence-corrected chi connectivity index (χ0v) is 11.0. The lowest BCUT2D eigenvalue weighted by Gasteiger charge is -2.36. The molecule has 1 atom stereocenters. The van der Waals surface area contributed by atoms with Gasteiger partial charge in [-0.05, 0) is 38.8 Å². The Hall–Kier alpha value is -0.120. The number of methoxy groups -OCH3 is 1. The summed E-state index contributed by atoms with van der Waals surface area (Å²) in [5.74, 6) is 0. The zero-order chi connectivity index (χ0) is 11.6. The minimum atomic E-state index is 0.761. The monoisotopic (exact) mass is 228 g/mol. The highest BCUT2D eigenvalue weighted by Gasteiger charge is 2.20. The van der Waals surface area contributed by atoms with E-state index in [-0.39, 0.29) is 0 Å². The fraction of sp³-hybridized carbons (Fsp3) is 1.00. The van der Waals surface area contributed by atoms with Gasteiger partial charge in [-0.25, -0.2) is 0 Å². The number of piperidine rings is 1. The van der Waals surface area contributed by atoms with Gasteiger partial charge < -0.3 is 10.1 Å². The van der Waals surface area contributed by atoms with Crippen molar-refractivity contribution in [2.75, 3.05) is 39.9 Å². The molecule has 1 aliphatic rings. The number of nitrogens with zero attached hydrogens (tertiary/aromatic N) is 1. The maximum absolute atomic E-state index is 5.12. The second-order valence-corrected chi connectivity index (χ2v) is 4.74. The third-order valence-corrected chi connectivity index (χ3v) is 3.35. The molecule has 1 unspecified atom stereocenters. The van der Waals surface area contributed by atoms with Crippen LogP contribution in [-0.4, -0.2) is 50.8 Å². The van der Waals surface area contributed by atoms with E-state index in [0.717, 1.165) is 19.2 Å². The second kappa shape index (κ2) is 8.97. The van der Waals surface area contributed by atoms with Gasteiger partial charge in [0.25, 0.3) is 0 Å². The van der Waals surface area contributed by atoms with Gasteiger partial charge in [0.1, 0.15) is 0 Å². The molecule has 16 heavy (non-hydrogen) atoms. The van der Waals surface area contributed by atoms with Gasteiger partial charge in [0.05, 0.1) is 0 Å². The van der Waals surface area contributed by atoms with Gasteiger partial charge in [0.15, 0.2) is 0 Å². The highest BCUT2D eigenvalue weighted by molar-refractivity contribution is 4.78. The predicted octanol–water partition coefficient (Wildman–Crippen LogP) is 1.88. The molecule has 1 rings (SSSR count). The standard InChI is InChI=1S/C13H28N2O/c1-3-8-14-12-13-7-4-5-9-15(13)10-6-11-16-2/h13-14H,3-12H2,1-2H3. The Kier molecular flexibility index (Phi) is 7.81. The van der Waals surface area contributed by atoms with Crippen molar-refractivity contribution in [2.45, 2.75) is 45.1 Å². The molecule has 0 radical (unpaired) electrons. The third kappa shape index (κ3) is 5.28.